The van der Waals surface area contributed by atoms with E-state index in [0.717, 1.165) is 17.3 Å². The summed E-state index contributed by atoms with van der Waals surface area (Å²) in [5.74, 6) is -2.23. The van der Waals surface area contributed by atoms with Crippen molar-refractivity contribution < 1.29 is 23.1 Å². The van der Waals surface area contributed by atoms with E-state index < -0.39 is 22.8 Å². The zero-order chi connectivity index (χ0) is 29.2. The van der Waals surface area contributed by atoms with Crippen LogP contribution in [0, 0.1) is 11.6 Å². The van der Waals surface area contributed by atoms with E-state index >= 15 is 0 Å². The monoisotopic (exact) mass is 601 g/mol. The second-order valence-corrected chi connectivity index (χ2v) is 11.5. The third-order valence-corrected chi connectivity index (χ3v) is 8.87. The molecule has 6 nitrogen and oxygen atoms in total. The topological polar surface area (TPSA) is 61.9 Å². The molecule has 2 aliphatic heterocycles. The van der Waals surface area contributed by atoms with Gasteiger partial charge in [-0.3, -0.25) is 9.59 Å². The molecule has 1 N–H and O–H groups in total. The molecule has 2 saturated heterocycles. The van der Waals surface area contributed by atoms with Gasteiger partial charge in [-0.2, -0.15) is 0 Å². The molecule has 3 aromatic rings. The maximum atomic E-state index is 14.1. The number of benzene rings is 3. The highest BCUT2D eigenvalue weighted by molar-refractivity contribution is 6.42. The molecule has 2 fully saturated rings. The summed E-state index contributed by atoms with van der Waals surface area (Å²) in [6.45, 7) is 3.49. The summed E-state index contributed by atoms with van der Waals surface area (Å²) in [4.78, 5) is 29.1. The lowest BCUT2D eigenvalue weighted by atomic mass is 9.80. The van der Waals surface area contributed by atoms with Crippen LogP contribution in [0.4, 0.5) is 14.5 Å². The second-order valence-electron chi connectivity index (χ2n) is 10.7. The molecule has 0 saturated carbocycles. The Balaban J connectivity index is 1.37. The van der Waals surface area contributed by atoms with E-state index in [4.69, 9.17) is 27.9 Å². The maximum absolute atomic E-state index is 14.1. The first-order valence-electron chi connectivity index (χ1n) is 13.5. The van der Waals surface area contributed by atoms with Crippen molar-refractivity contribution in [3.63, 3.8) is 0 Å². The van der Waals surface area contributed by atoms with Gasteiger partial charge in [-0.25, -0.2) is 8.78 Å². The van der Waals surface area contributed by atoms with Gasteiger partial charge >= 0.3 is 0 Å². The summed E-state index contributed by atoms with van der Waals surface area (Å²) in [5, 5.41) is 3.84. The van der Waals surface area contributed by atoms with E-state index in [1.807, 2.05) is 36.4 Å². The summed E-state index contributed by atoms with van der Waals surface area (Å²) < 4.78 is 34.1. The van der Waals surface area contributed by atoms with Crippen LogP contribution in [0.25, 0.3) is 0 Å². The minimum atomic E-state index is -0.940. The summed E-state index contributed by atoms with van der Waals surface area (Å²) in [6, 6.07) is 18.7. The van der Waals surface area contributed by atoms with Gasteiger partial charge in [0.2, 0.25) is 5.91 Å². The van der Waals surface area contributed by atoms with Crippen molar-refractivity contribution in [2.24, 2.45) is 0 Å². The highest BCUT2D eigenvalue weighted by Crippen LogP contribution is 2.40. The van der Waals surface area contributed by atoms with Crippen molar-refractivity contribution >= 4 is 40.7 Å². The van der Waals surface area contributed by atoms with Crippen LogP contribution in [0.3, 0.4) is 0 Å². The Morgan fingerprint density at radius 3 is 2.32 bits per heavy atom. The highest BCUT2D eigenvalue weighted by atomic mass is 35.5. The van der Waals surface area contributed by atoms with E-state index in [-0.39, 0.29) is 18.4 Å². The fourth-order valence-corrected chi connectivity index (χ4v) is 6.17. The van der Waals surface area contributed by atoms with Crippen molar-refractivity contribution in [1.29, 1.82) is 0 Å². The zero-order valence-electron chi connectivity index (χ0n) is 22.6. The number of para-hydroxylation sites is 1. The first-order valence-corrected chi connectivity index (χ1v) is 14.3. The van der Waals surface area contributed by atoms with Gasteiger partial charge in [-0.05, 0) is 66.8 Å². The number of ether oxygens (including phenoxy) is 1. The van der Waals surface area contributed by atoms with Gasteiger partial charge in [0.25, 0.3) is 5.91 Å². The predicted octanol–water partition coefficient (Wildman–Crippen LogP) is 6.05. The van der Waals surface area contributed by atoms with E-state index in [2.05, 4.69) is 10.2 Å². The fourth-order valence-electron chi connectivity index (χ4n) is 5.87. The number of carbonyl (C=O) groups excluding carboxylic acids is 2. The number of nitrogens with one attached hydrogen (secondary N) is 1. The molecule has 1 unspecified atom stereocenters. The van der Waals surface area contributed by atoms with Crippen LogP contribution in [-0.4, -0.2) is 49.5 Å². The third kappa shape index (κ3) is 6.26. The first-order chi connectivity index (χ1) is 19.6. The number of halogens is 4. The molecule has 2 heterocycles. The fraction of sp³-hybridized carbons (Fsp3) is 0.355. The molecule has 2 amide bonds. The Labute approximate surface area is 248 Å². The highest BCUT2D eigenvalue weighted by Gasteiger charge is 2.43. The second kappa shape index (κ2) is 12.1. The molecule has 0 bridgehead atoms. The molecule has 41 heavy (non-hydrogen) atoms. The molecule has 0 aliphatic carbocycles. The molecule has 1 atom stereocenters. The number of piperidine rings is 1. The van der Waals surface area contributed by atoms with Gasteiger partial charge in [0.15, 0.2) is 11.6 Å². The Bertz CT molecular complexity index is 1430. The SMILES string of the molecule is CC(=O)NC1(c2ccc(F)c(F)c2)CCN(CCC2(c3ccc(Cl)c(Cl)c3)CN(c3ccccc3)C(=O)CO2)CC1. The van der Waals surface area contributed by atoms with Gasteiger partial charge < -0.3 is 19.9 Å². The van der Waals surface area contributed by atoms with Gasteiger partial charge in [0.1, 0.15) is 12.2 Å². The average molecular weight is 603 g/mol. The number of amides is 2. The molecule has 5 rings (SSSR count). The van der Waals surface area contributed by atoms with Crippen molar-refractivity contribution in [2.45, 2.75) is 37.3 Å². The van der Waals surface area contributed by atoms with Gasteiger partial charge in [0, 0.05) is 32.2 Å². The minimum Gasteiger partial charge on any atom is -0.359 e. The molecule has 0 spiro atoms. The third-order valence-electron chi connectivity index (χ3n) is 8.13. The lowest BCUT2D eigenvalue weighted by Crippen LogP contribution is -2.55. The molecular formula is C31H31Cl2F2N3O3. The Kier molecular flexibility index (Phi) is 8.66. The van der Waals surface area contributed by atoms with E-state index in [1.54, 1.807) is 17.0 Å². The van der Waals surface area contributed by atoms with Crippen LogP contribution in [0.2, 0.25) is 10.0 Å². The van der Waals surface area contributed by atoms with Crippen molar-refractivity contribution in [3.05, 3.63) is 99.5 Å². The van der Waals surface area contributed by atoms with Crippen LogP contribution < -0.4 is 10.2 Å². The number of anilines is 1. The van der Waals surface area contributed by atoms with E-state index in [9.17, 15) is 18.4 Å². The van der Waals surface area contributed by atoms with E-state index in [0.29, 0.717) is 61.1 Å². The summed E-state index contributed by atoms with van der Waals surface area (Å²) in [6.07, 6.45) is 1.60. The molecule has 216 valence electrons. The number of hydrogen-bond donors (Lipinski definition) is 1. The lowest BCUT2D eigenvalue weighted by molar-refractivity contribution is -0.141. The molecule has 2 aliphatic rings. The Morgan fingerprint density at radius 1 is 0.951 bits per heavy atom. The molecule has 0 radical (unpaired) electrons. The first kappa shape index (κ1) is 29.5. The molecule has 3 aromatic carbocycles. The lowest BCUT2D eigenvalue weighted by Gasteiger charge is -2.46. The average Bonchev–Trinajstić information content (AvgIpc) is 2.96. The number of rotatable bonds is 7. The number of hydrogen-bond acceptors (Lipinski definition) is 4. The summed E-state index contributed by atoms with van der Waals surface area (Å²) in [5.41, 5.74) is 0.521. The van der Waals surface area contributed by atoms with Crippen LogP contribution in [0.5, 0.6) is 0 Å². The van der Waals surface area contributed by atoms with Crippen LogP contribution in [0.1, 0.15) is 37.3 Å². The Hall–Kier alpha value is -3.04. The van der Waals surface area contributed by atoms with Gasteiger partial charge in [0.05, 0.1) is 22.1 Å². The van der Waals surface area contributed by atoms with E-state index in [1.165, 1.54) is 19.1 Å². The van der Waals surface area contributed by atoms with Crippen LogP contribution in [0.15, 0.2) is 66.7 Å². The van der Waals surface area contributed by atoms with Crippen LogP contribution >= 0.6 is 23.2 Å². The predicted molar refractivity (Wildman–Crippen MR) is 155 cm³/mol. The largest absolute Gasteiger partial charge is 0.359 e. The standard InChI is InChI=1S/C31H31Cl2F2N3O3/c1-21(39)36-30(22-8-10-27(34)28(35)18-22)11-14-37(15-12-30)16-13-31(23-7-9-25(32)26(33)17-23)20-38(29(40)19-41-31)24-5-3-2-4-6-24/h2-10,17-18H,11-16,19-20H2,1H3,(H,36,39). The minimum absolute atomic E-state index is 0.0864. The maximum Gasteiger partial charge on any atom is 0.253 e. The summed E-state index contributed by atoms with van der Waals surface area (Å²) in [7, 11) is 0. The molecule has 10 heteroatoms. The number of likely N-dealkylation sites (tertiary alicyclic amines) is 1. The molecule has 0 aromatic heterocycles. The Morgan fingerprint density at radius 2 is 1.66 bits per heavy atom. The quantitative estimate of drug-likeness (QED) is 0.358. The normalized spacial score (nSPS) is 21.1. The van der Waals surface area contributed by atoms with Crippen molar-refractivity contribution in [2.75, 3.05) is 37.7 Å². The number of morpholine rings is 1. The van der Waals surface area contributed by atoms with Gasteiger partial charge in [-0.15, -0.1) is 0 Å². The zero-order valence-corrected chi connectivity index (χ0v) is 24.2. The smallest absolute Gasteiger partial charge is 0.253 e. The van der Waals surface area contributed by atoms with Gasteiger partial charge in [-0.1, -0.05) is 53.5 Å². The summed E-state index contributed by atoms with van der Waals surface area (Å²) >= 11 is 12.6. The number of carbonyl (C=O) groups is 2. The van der Waals surface area contributed by atoms with Crippen molar-refractivity contribution in [1.82, 2.24) is 10.2 Å². The number of nitrogens with zero attached hydrogens (tertiary/aromatic N) is 2. The van der Waals surface area contributed by atoms with Crippen molar-refractivity contribution in [3.8, 4) is 0 Å². The van der Waals surface area contributed by atoms with Crippen LogP contribution in [-0.2, 0) is 25.5 Å². The molecular weight excluding hydrogens is 571 g/mol.